The van der Waals surface area contributed by atoms with Gasteiger partial charge in [-0.2, -0.15) is 0 Å². The van der Waals surface area contributed by atoms with Gasteiger partial charge in [-0.25, -0.2) is 0 Å². The Morgan fingerprint density at radius 3 is 2.68 bits per heavy atom. The summed E-state index contributed by atoms with van der Waals surface area (Å²) >= 11 is 0. The second kappa shape index (κ2) is 7.22. The molecule has 152 valence electrons. The van der Waals surface area contributed by atoms with Crippen molar-refractivity contribution in [3.8, 4) is 0 Å². The molecular weight excluding hydrogens is 386 g/mol. The number of fused-ring (bicyclic) bond motifs is 4. The van der Waals surface area contributed by atoms with Crippen molar-refractivity contribution in [1.82, 2.24) is 14.9 Å². The second-order valence-electron chi connectivity index (χ2n) is 8.03. The summed E-state index contributed by atoms with van der Waals surface area (Å²) in [5.41, 5.74) is 5.93. The van der Waals surface area contributed by atoms with Gasteiger partial charge in [0.15, 0.2) is 5.43 Å². The highest BCUT2D eigenvalue weighted by atomic mass is 16.3. The fourth-order valence-corrected chi connectivity index (χ4v) is 4.78. The number of rotatable bonds is 3. The third kappa shape index (κ3) is 2.97. The van der Waals surface area contributed by atoms with Crippen molar-refractivity contribution >= 4 is 21.9 Å². The lowest BCUT2D eigenvalue weighted by Crippen LogP contribution is -2.37. The molecule has 2 aromatic carbocycles. The summed E-state index contributed by atoms with van der Waals surface area (Å²) in [6.45, 7) is 1.34. The lowest BCUT2D eigenvalue weighted by Gasteiger charge is -2.35. The van der Waals surface area contributed by atoms with Crippen LogP contribution >= 0.6 is 0 Å². The summed E-state index contributed by atoms with van der Waals surface area (Å²) in [5, 5.41) is 1.89. The Bertz CT molecular complexity index is 1450. The van der Waals surface area contributed by atoms with E-state index in [1.54, 1.807) is 6.26 Å². The van der Waals surface area contributed by atoms with Gasteiger partial charge >= 0.3 is 0 Å². The third-order valence-corrected chi connectivity index (χ3v) is 6.23. The molecule has 0 radical (unpaired) electrons. The molecule has 0 amide bonds. The number of nitrogens with one attached hydrogen (secondary N) is 1. The molecular formula is C26H21N3O2. The zero-order chi connectivity index (χ0) is 20.8. The van der Waals surface area contributed by atoms with E-state index >= 15 is 0 Å². The number of hydrogen-bond donors (Lipinski definition) is 1. The molecule has 4 heterocycles. The van der Waals surface area contributed by atoms with Crippen molar-refractivity contribution in [3.05, 3.63) is 112 Å². The predicted octanol–water partition coefficient (Wildman–Crippen LogP) is 4.82. The van der Waals surface area contributed by atoms with Gasteiger partial charge in [-0.1, -0.05) is 36.4 Å². The summed E-state index contributed by atoms with van der Waals surface area (Å²) in [6, 6.07) is 21.8. The van der Waals surface area contributed by atoms with E-state index in [0.29, 0.717) is 23.1 Å². The molecule has 31 heavy (non-hydrogen) atoms. The first-order chi connectivity index (χ1) is 15.3. The molecule has 1 atom stereocenters. The Kier molecular flexibility index (Phi) is 4.21. The standard InChI is InChI=1S/C26H21N3O2/c30-26-17(16-31-23-11-4-2-8-20(23)26)15-29-14-12-19-18-7-1-3-9-21(18)28-24(19)25(29)22-10-5-6-13-27-22/h1-11,13,16,25,28H,12,14-15H2. The highest BCUT2D eigenvalue weighted by Gasteiger charge is 2.33. The van der Waals surface area contributed by atoms with E-state index in [2.05, 4.69) is 45.2 Å². The minimum atomic E-state index is -0.0526. The summed E-state index contributed by atoms with van der Waals surface area (Å²) in [5.74, 6) is 0. The van der Waals surface area contributed by atoms with E-state index in [1.807, 2.05) is 42.6 Å². The zero-order valence-electron chi connectivity index (χ0n) is 16.9. The number of pyridine rings is 1. The molecule has 1 aliphatic rings. The van der Waals surface area contributed by atoms with Gasteiger partial charge in [0.2, 0.25) is 0 Å². The highest BCUT2D eigenvalue weighted by Crippen LogP contribution is 2.38. The predicted molar refractivity (Wildman–Crippen MR) is 121 cm³/mol. The zero-order valence-corrected chi connectivity index (χ0v) is 16.9. The Morgan fingerprint density at radius 1 is 1.00 bits per heavy atom. The average Bonchev–Trinajstić information content (AvgIpc) is 3.20. The van der Waals surface area contributed by atoms with Gasteiger partial charge in [-0.3, -0.25) is 14.7 Å². The fraction of sp³-hybridized carbons (Fsp3) is 0.154. The van der Waals surface area contributed by atoms with Crippen molar-refractivity contribution < 1.29 is 4.42 Å². The van der Waals surface area contributed by atoms with E-state index in [9.17, 15) is 4.79 Å². The molecule has 1 unspecified atom stereocenters. The van der Waals surface area contributed by atoms with Crippen LogP contribution in [0.5, 0.6) is 0 Å². The molecule has 6 rings (SSSR count). The van der Waals surface area contributed by atoms with E-state index in [1.165, 1.54) is 10.9 Å². The quantitative estimate of drug-likeness (QED) is 0.466. The second-order valence-corrected chi connectivity index (χ2v) is 8.03. The van der Waals surface area contributed by atoms with Crippen LogP contribution in [0.25, 0.3) is 21.9 Å². The number of aromatic nitrogens is 2. The summed E-state index contributed by atoms with van der Waals surface area (Å²) < 4.78 is 5.77. The van der Waals surface area contributed by atoms with Gasteiger partial charge in [0.1, 0.15) is 5.58 Å². The summed E-state index contributed by atoms with van der Waals surface area (Å²) in [4.78, 5) is 23.8. The normalized spacial score (nSPS) is 16.6. The monoisotopic (exact) mass is 407 g/mol. The van der Waals surface area contributed by atoms with Gasteiger partial charge in [0, 0.05) is 41.4 Å². The number of nitrogens with zero attached hydrogens (tertiary/aromatic N) is 2. The minimum Gasteiger partial charge on any atom is -0.464 e. The van der Waals surface area contributed by atoms with Gasteiger partial charge in [-0.15, -0.1) is 0 Å². The van der Waals surface area contributed by atoms with Crippen LogP contribution in [0.15, 0.2) is 88.4 Å². The molecule has 0 saturated heterocycles. The Hall–Kier alpha value is -3.70. The molecule has 0 spiro atoms. The molecule has 5 heteroatoms. The van der Waals surface area contributed by atoms with E-state index in [-0.39, 0.29) is 11.5 Å². The molecule has 0 fully saturated rings. The molecule has 1 aliphatic heterocycles. The third-order valence-electron chi connectivity index (χ3n) is 6.23. The van der Waals surface area contributed by atoms with Gasteiger partial charge in [0.05, 0.1) is 23.4 Å². The minimum absolute atomic E-state index is 0.0315. The maximum atomic E-state index is 13.1. The van der Waals surface area contributed by atoms with E-state index < -0.39 is 0 Å². The molecule has 3 aromatic heterocycles. The molecule has 0 aliphatic carbocycles. The SMILES string of the molecule is O=c1c(CN2CCc3c([nH]c4ccccc34)C2c2ccccn2)coc2ccccc12. The maximum absolute atomic E-state index is 13.1. The van der Waals surface area contributed by atoms with Crippen LogP contribution < -0.4 is 5.43 Å². The maximum Gasteiger partial charge on any atom is 0.197 e. The number of para-hydroxylation sites is 2. The molecule has 0 bridgehead atoms. The van der Waals surface area contributed by atoms with E-state index in [0.717, 1.165) is 29.9 Å². The van der Waals surface area contributed by atoms with Crippen molar-refractivity contribution in [2.24, 2.45) is 0 Å². The summed E-state index contributed by atoms with van der Waals surface area (Å²) in [6.07, 6.45) is 4.36. The van der Waals surface area contributed by atoms with Crippen LogP contribution in [-0.4, -0.2) is 21.4 Å². The van der Waals surface area contributed by atoms with E-state index in [4.69, 9.17) is 4.42 Å². The molecule has 0 saturated carbocycles. The van der Waals surface area contributed by atoms with Crippen molar-refractivity contribution in [2.75, 3.05) is 6.54 Å². The summed E-state index contributed by atoms with van der Waals surface area (Å²) in [7, 11) is 0. The van der Waals surface area contributed by atoms with Crippen LogP contribution in [0.3, 0.4) is 0 Å². The molecule has 5 aromatic rings. The number of H-pyrrole nitrogens is 1. The van der Waals surface area contributed by atoms with Gasteiger partial charge in [0.25, 0.3) is 0 Å². The molecule has 5 nitrogen and oxygen atoms in total. The first-order valence-electron chi connectivity index (χ1n) is 10.5. The first-order valence-corrected chi connectivity index (χ1v) is 10.5. The number of aromatic amines is 1. The largest absolute Gasteiger partial charge is 0.464 e. The van der Waals surface area contributed by atoms with Crippen molar-refractivity contribution in [2.45, 2.75) is 19.0 Å². The number of hydrogen-bond acceptors (Lipinski definition) is 4. The Morgan fingerprint density at radius 2 is 1.81 bits per heavy atom. The lowest BCUT2D eigenvalue weighted by molar-refractivity contribution is 0.197. The highest BCUT2D eigenvalue weighted by molar-refractivity contribution is 5.85. The smallest absolute Gasteiger partial charge is 0.197 e. The van der Waals surface area contributed by atoms with Crippen molar-refractivity contribution in [3.63, 3.8) is 0 Å². The average molecular weight is 407 g/mol. The van der Waals surface area contributed by atoms with Crippen LogP contribution in [0.1, 0.15) is 28.6 Å². The van der Waals surface area contributed by atoms with Crippen molar-refractivity contribution in [1.29, 1.82) is 0 Å². The van der Waals surface area contributed by atoms with Crippen LogP contribution in [0.2, 0.25) is 0 Å². The Labute approximate surface area is 179 Å². The van der Waals surface area contributed by atoms with Crippen LogP contribution in [-0.2, 0) is 13.0 Å². The Balaban J connectivity index is 1.47. The van der Waals surface area contributed by atoms with Crippen LogP contribution in [0.4, 0.5) is 0 Å². The van der Waals surface area contributed by atoms with Crippen LogP contribution in [0, 0.1) is 0 Å². The van der Waals surface area contributed by atoms with Gasteiger partial charge in [-0.05, 0) is 42.3 Å². The lowest BCUT2D eigenvalue weighted by atomic mass is 9.94. The molecule has 1 N–H and O–H groups in total. The first kappa shape index (κ1) is 18.1. The topological polar surface area (TPSA) is 62.1 Å². The fourth-order valence-electron chi connectivity index (χ4n) is 4.78. The number of benzene rings is 2. The van der Waals surface area contributed by atoms with Gasteiger partial charge < -0.3 is 9.40 Å².